The summed E-state index contributed by atoms with van der Waals surface area (Å²) in [6.07, 6.45) is 0. The van der Waals surface area contributed by atoms with Gasteiger partial charge in [0, 0.05) is 10.7 Å². The summed E-state index contributed by atoms with van der Waals surface area (Å²) in [6, 6.07) is 8.41. The molecular weight excluding hydrogens is 351 g/mol. The summed E-state index contributed by atoms with van der Waals surface area (Å²) >= 11 is 11.7. The molecule has 0 bridgehead atoms. The number of esters is 1. The molecule has 0 aliphatic heterocycles. The van der Waals surface area contributed by atoms with Crippen LogP contribution in [0.1, 0.15) is 21.5 Å². The molecule has 7 heteroatoms. The molecule has 0 saturated heterocycles. The van der Waals surface area contributed by atoms with Crippen molar-refractivity contribution in [1.82, 2.24) is 0 Å². The maximum absolute atomic E-state index is 12.1. The predicted molar refractivity (Wildman–Crippen MR) is 95.7 cm³/mol. The van der Waals surface area contributed by atoms with Crippen LogP contribution in [0.15, 0.2) is 30.3 Å². The summed E-state index contributed by atoms with van der Waals surface area (Å²) in [6.45, 7) is 3.31. The minimum absolute atomic E-state index is 0.0207. The Labute approximate surface area is 149 Å². The third kappa shape index (κ3) is 4.19. The van der Waals surface area contributed by atoms with Gasteiger partial charge in [-0.3, -0.25) is 4.79 Å². The summed E-state index contributed by atoms with van der Waals surface area (Å²) in [5, 5.41) is 3.12. The number of hydrogen-bond donors (Lipinski definition) is 2. The molecular formula is C17H16Cl2N2O3. The Morgan fingerprint density at radius 3 is 2.42 bits per heavy atom. The van der Waals surface area contributed by atoms with Gasteiger partial charge in [0.1, 0.15) is 0 Å². The maximum atomic E-state index is 12.1. The molecule has 2 aromatic rings. The fourth-order valence-electron chi connectivity index (χ4n) is 2.15. The van der Waals surface area contributed by atoms with E-state index in [9.17, 15) is 9.59 Å². The van der Waals surface area contributed by atoms with Crippen molar-refractivity contribution >= 4 is 46.5 Å². The van der Waals surface area contributed by atoms with Gasteiger partial charge in [0.15, 0.2) is 6.61 Å². The second kappa shape index (κ2) is 7.55. The zero-order chi connectivity index (χ0) is 17.9. The first-order valence-corrected chi connectivity index (χ1v) is 7.83. The van der Waals surface area contributed by atoms with Crippen LogP contribution in [0.25, 0.3) is 0 Å². The monoisotopic (exact) mass is 366 g/mol. The number of nitrogen functional groups attached to an aromatic ring is 1. The molecule has 0 aliphatic carbocycles. The molecule has 0 saturated carbocycles. The highest BCUT2D eigenvalue weighted by Gasteiger charge is 2.17. The third-order valence-corrected chi connectivity index (χ3v) is 3.93. The Balaban J connectivity index is 2.03. The number of para-hydroxylation sites is 1. The fourth-order valence-corrected chi connectivity index (χ4v) is 2.64. The minimum atomic E-state index is -0.770. The highest BCUT2D eigenvalue weighted by Crippen LogP contribution is 2.28. The highest BCUT2D eigenvalue weighted by molar-refractivity contribution is 6.37. The number of benzene rings is 2. The second-order valence-corrected chi connectivity index (χ2v) is 6.08. The number of nitrogens with one attached hydrogen (secondary N) is 1. The normalized spacial score (nSPS) is 10.3. The number of carbonyl (C=O) groups excluding carboxylic acids is 2. The summed E-state index contributed by atoms with van der Waals surface area (Å²) in [5.41, 5.74) is 8.34. The average molecular weight is 367 g/mol. The molecule has 0 aliphatic rings. The highest BCUT2D eigenvalue weighted by atomic mass is 35.5. The lowest BCUT2D eigenvalue weighted by Crippen LogP contribution is -2.22. The largest absolute Gasteiger partial charge is 0.452 e. The average Bonchev–Trinajstić information content (AvgIpc) is 2.52. The number of ether oxygens (including phenoxy) is 1. The second-order valence-electron chi connectivity index (χ2n) is 5.24. The Hall–Kier alpha value is -2.24. The van der Waals surface area contributed by atoms with Gasteiger partial charge < -0.3 is 15.8 Å². The van der Waals surface area contributed by atoms with Crippen molar-refractivity contribution < 1.29 is 14.3 Å². The zero-order valence-electron chi connectivity index (χ0n) is 13.2. The Kier molecular flexibility index (Phi) is 5.70. The van der Waals surface area contributed by atoms with Crippen molar-refractivity contribution in [1.29, 1.82) is 0 Å². The van der Waals surface area contributed by atoms with Crippen molar-refractivity contribution in [3.63, 3.8) is 0 Å². The lowest BCUT2D eigenvalue weighted by molar-refractivity contribution is -0.119. The molecule has 1 amide bonds. The third-order valence-electron chi connectivity index (χ3n) is 3.39. The molecule has 0 spiro atoms. The molecule has 5 nitrogen and oxygen atoms in total. The number of anilines is 2. The van der Waals surface area contributed by atoms with Gasteiger partial charge in [0.25, 0.3) is 5.91 Å². The first kappa shape index (κ1) is 18.1. The first-order valence-electron chi connectivity index (χ1n) is 7.07. The van der Waals surface area contributed by atoms with Crippen molar-refractivity contribution in [3.05, 3.63) is 57.1 Å². The molecule has 0 atom stereocenters. The van der Waals surface area contributed by atoms with Crippen LogP contribution in [0.3, 0.4) is 0 Å². The van der Waals surface area contributed by atoms with Gasteiger partial charge in [0.05, 0.1) is 16.3 Å². The van der Waals surface area contributed by atoms with Gasteiger partial charge in [-0.1, -0.05) is 41.4 Å². The summed E-state index contributed by atoms with van der Waals surface area (Å²) in [5.74, 6) is -1.22. The Bertz CT molecular complexity index is 786. The molecule has 0 fully saturated rings. The van der Waals surface area contributed by atoms with Gasteiger partial charge in [-0.2, -0.15) is 0 Å². The summed E-state index contributed by atoms with van der Waals surface area (Å²) in [7, 11) is 0. The number of carbonyl (C=O) groups is 2. The van der Waals surface area contributed by atoms with E-state index in [4.69, 9.17) is 33.7 Å². The van der Waals surface area contributed by atoms with E-state index in [1.165, 1.54) is 12.1 Å². The van der Waals surface area contributed by atoms with Gasteiger partial charge in [-0.25, -0.2) is 4.79 Å². The lowest BCUT2D eigenvalue weighted by Gasteiger charge is -2.12. The Morgan fingerprint density at radius 1 is 1.17 bits per heavy atom. The number of aryl methyl sites for hydroxylation is 2. The SMILES string of the molecule is Cc1cccc(C)c1NC(=O)COC(=O)c1cc(Cl)cc(Cl)c1N. The molecule has 126 valence electrons. The lowest BCUT2D eigenvalue weighted by atomic mass is 10.1. The molecule has 0 radical (unpaired) electrons. The van der Waals surface area contributed by atoms with Gasteiger partial charge in [0.2, 0.25) is 0 Å². The van der Waals surface area contributed by atoms with Crippen molar-refractivity contribution in [2.75, 3.05) is 17.7 Å². The van der Waals surface area contributed by atoms with E-state index in [1.54, 1.807) is 0 Å². The summed E-state index contributed by atoms with van der Waals surface area (Å²) in [4.78, 5) is 24.1. The minimum Gasteiger partial charge on any atom is -0.452 e. The van der Waals surface area contributed by atoms with Crippen LogP contribution in [0.4, 0.5) is 11.4 Å². The van der Waals surface area contributed by atoms with E-state index in [0.29, 0.717) is 5.69 Å². The number of halogens is 2. The molecule has 0 unspecified atom stereocenters. The topological polar surface area (TPSA) is 81.4 Å². The van der Waals surface area contributed by atoms with E-state index in [0.717, 1.165) is 11.1 Å². The van der Waals surface area contributed by atoms with E-state index in [2.05, 4.69) is 5.32 Å². The van der Waals surface area contributed by atoms with Crippen molar-refractivity contribution in [2.24, 2.45) is 0 Å². The quantitative estimate of drug-likeness (QED) is 0.633. The van der Waals surface area contributed by atoms with E-state index < -0.39 is 18.5 Å². The molecule has 0 aromatic heterocycles. The van der Waals surface area contributed by atoms with E-state index in [-0.39, 0.29) is 21.3 Å². The van der Waals surface area contributed by atoms with Crippen molar-refractivity contribution in [2.45, 2.75) is 13.8 Å². The van der Waals surface area contributed by atoms with Crippen LogP contribution in [0.2, 0.25) is 10.0 Å². The van der Waals surface area contributed by atoms with Crippen LogP contribution in [-0.2, 0) is 9.53 Å². The maximum Gasteiger partial charge on any atom is 0.340 e. The van der Waals surface area contributed by atoms with Crippen LogP contribution in [-0.4, -0.2) is 18.5 Å². The van der Waals surface area contributed by atoms with Crippen LogP contribution < -0.4 is 11.1 Å². The van der Waals surface area contributed by atoms with E-state index >= 15 is 0 Å². The Morgan fingerprint density at radius 2 is 1.79 bits per heavy atom. The molecule has 2 rings (SSSR count). The molecule has 3 N–H and O–H groups in total. The number of nitrogens with two attached hydrogens (primary N) is 1. The van der Waals surface area contributed by atoms with E-state index in [1.807, 2.05) is 32.0 Å². The van der Waals surface area contributed by atoms with Crippen LogP contribution in [0, 0.1) is 13.8 Å². The van der Waals surface area contributed by atoms with Crippen molar-refractivity contribution in [3.8, 4) is 0 Å². The molecule has 2 aromatic carbocycles. The zero-order valence-corrected chi connectivity index (χ0v) is 14.7. The fraction of sp³-hybridized carbons (Fsp3) is 0.176. The smallest absolute Gasteiger partial charge is 0.340 e. The van der Waals surface area contributed by atoms with Crippen LogP contribution in [0.5, 0.6) is 0 Å². The molecule has 0 heterocycles. The molecule has 24 heavy (non-hydrogen) atoms. The summed E-state index contributed by atoms with van der Waals surface area (Å²) < 4.78 is 4.98. The predicted octanol–water partition coefficient (Wildman–Crippen LogP) is 3.99. The number of rotatable bonds is 4. The van der Waals surface area contributed by atoms with Gasteiger partial charge in [-0.15, -0.1) is 0 Å². The first-order chi connectivity index (χ1) is 11.3. The standard InChI is InChI=1S/C17H16Cl2N2O3/c1-9-4-3-5-10(2)16(9)21-14(22)8-24-17(23)12-6-11(18)7-13(19)15(12)20/h3-7H,8,20H2,1-2H3,(H,21,22). The van der Waals surface area contributed by atoms with Crippen LogP contribution >= 0.6 is 23.2 Å². The number of amides is 1. The van der Waals surface area contributed by atoms with Gasteiger partial charge >= 0.3 is 5.97 Å². The number of hydrogen-bond acceptors (Lipinski definition) is 4. The van der Waals surface area contributed by atoms with Gasteiger partial charge in [-0.05, 0) is 37.1 Å².